The molecule has 5 aromatic rings. The molecule has 0 bridgehead atoms. The van der Waals surface area contributed by atoms with E-state index in [9.17, 15) is 9.18 Å². The van der Waals surface area contributed by atoms with Gasteiger partial charge in [0.15, 0.2) is 5.58 Å². The summed E-state index contributed by atoms with van der Waals surface area (Å²) >= 11 is 1.43. The van der Waals surface area contributed by atoms with Crippen LogP contribution in [-0.4, -0.2) is 20.4 Å². The number of para-hydroxylation sites is 2. The second-order valence-corrected chi connectivity index (χ2v) is 8.26. The normalized spacial score (nSPS) is 11.1. The number of oxazole rings is 1. The number of amides is 1. The van der Waals surface area contributed by atoms with Crippen molar-refractivity contribution in [3.8, 4) is 5.69 Å². The minimum absolute atomic E-state index is 0.215. The van der Waals surface area contributed by atoms with Crippen molar-refractivity contribution >= 4 is 28.8 Å². The lowest BCUT2D eigenvalue weighted by Gasteiger charge is -2.11. The number of thioether (sulfide) groups is 1. The lowest BCUT2D eigenvalue weighted by Crippen LogP contribution is -2.24. The van der Waals surface area contributed by atoms with Crippen LogP contribution in [0.15, 0.2) is 95.1 Å². The first-order valence-corrected chi connectivity index (χ1v) is 11.3. The molecule has 0 unspecified atom stereocenters. The summed E-state index contributed by atoms with van der Waals surface area (Å²) in [6.07, 6.45) is 4.80. The molecule has 2 aromatic heterocycles. The SMILES string of the molecule is O=C(NCc1ccc(-n2ccnc2)c(F)c1)c1ccccc1CSc1nc2ccccc2o1. The standard InChI is InChI=1S/C25H19FN4O2S/c26-20-13-17(9-10-22(20)30-12-11-27-16-30)14-28-24(31)19-6-2-1-5-18(19)15-33-25-29-21-7-3-4-8-23(21)32-25/h1-13,16H,14-15H2,(H,28,31). The molecule has 0 aliphatic carbocycles. The molecule has 0 saturated heterocycles. The topological polar surface area (TPSA) is 73.0 Å². The van der Waals surface area contributed by atoms with Crippen molar-refractivity contribution in [1.82, 2.24) is 19.9 Å². The molecule has 0 spiro atoms. The number of imidazole rings is 1. The molecule has 8 heteroatoms. The minimum Gasteiger partial charge on any atom is -0.431 e. The van der Waals surface area contributed by atoms with Crippen LogP contribution in [0, 0.1) is 5.82 Å². The van der Waals surface area contributed by atoms with E-state index in [2.05, 4.69) is 15.3 Å². The van der Waals surface area contributed by atoms with Crippen LogP contribution in [-0.2, 0) is 12.3 Å². The molecule has 2 heterocycles. The summed E-state index contributed by atoms with van der Waals surface area (Å²) in [6, 6.07) is 19.9. The number of benzene rings is 3. The average molecular weight is 459 g/mol. The summed E-state index contributed by atoms with van der Waals surface area (Å²) in [5.74, 6) is -0.0669. The van der Waals surface area contributed by atoms with Crippen LogP contribution in [0.3, 0.4) is 0 Å². The minimum atomic E-state index is -0.380. The zero-order valence-corrected chi connectivity index (χ0v) is 18.3. The van der Waals surface area contributed by atoms with E-state index < -0.39 is 0 Å². The summed E-state index contributed by atoms with van der Waals surface area (Å²) < 4.78 is 21.8. The zero-order valence-electron chi connectivity index (χ0n) is 17.4. The Hall–Kier alpha value is -3.91. The summed E-state index contributed by atoms with van der Waals surface area (Å²) in [5.41, 5.74) is 4.04. The molecule has 0 saturated carbocycles. The maximum atomic E-state index is 14.5. The van der Waals surface area contributed by atoms with Crippen LogP contribution < -0.4 is 5.32 Å². The van der Waals surface area contributed by atoms with Crippen LogP contribution >= 0.6 is 11.8 Å². The Morgan fingerprint density at radius 1 is 1.09 bits per heavy atom. The Kier molecular flexibility index (Phi) is 5.91. The molecule has 3 aromatic carbocycles. The number of carbonyl (C=O) groups excluding carboxylic acids is 1. The van der Waals surface area contributed by atoms with Crippen LogP contribution in [0.2, 0.25) is 0 Å². The van der Waals surface area contributed by atoms with E-state index in [1.807, 2.05) is 42.5 Å². The van der Waals surface area contributed by atoms with Crippen LogP contribution in [0.1, 0.15) is 21.5 Å². The average Bonchev–Trinajstić information content (AvgIpc) is 3.51. The molecule has 0 aliphatic heterocycles. The van der Waals surface area contributed by atoms with Gasteiger partial charge in [0.2, 0.25) is 0 Å². The van der Waals surface area contributed by atoms with Gasteiger partial charge in [0.25, 0.3) is 11.1 Å². The van der Waals surface area contributed by atoms with Gasteiger partial charge in [0.05, 0.1) is 12.0 Å². The molecular formula is C25H19FN4O2S. The number of halogens is 1. The number of fused-ring (bicyclic) bond motifs is 1. The van der Waals surface area contributed by atoms with Gasteiger partial charge in [-0.2, -0.15) is 0 Å². The zero-order chi connectivity index (χ0) is 22.6. The van der Waals surface area contributed by atoms with Crippen LogP contribution in [0.25, 0.3) is 16.8 Å². The van der Waals surface area contributed by atoms with Gasteiger partial charge < -0.3 is 14.3 Å². The van der Waals surface area contributed by atoms with E-state index in [1.165, 1.54) is 24.2 Å². The van der Waals surface area contributed by atoms with Gasteiger partial charge in [-0.05, 0) is 41.5 Å². The number of hydrogen-bond acceptors (Lipinski definition) is 5. The second-order valence-electron chi connectivity index (χ2n) is 7.33. The molecule has 0 atom stereocenters. The summed E-state index contributed by atoms with van der Waals surface area (Å²) in [4.78, 5) is 21.3. The van der Waals surface area contributed by atoms with Crippen LogP contribution in [0.5, 0.6) is 0 Å². The third kappa shape index (κ3) is 4.65. The van der Waals surface area contributed by atoms with Crippen molar-refractivity contribution in [2.24, 2.45) is 0 Å². The Morgan fingerprint density at radius 3 is 2.76 bits per heavy atom. The van der Waals surface area contributed by atoms with Gasteiger partial charge in [0, 0.05) is 30.3 Å². The van der Waals surface area contributed by atoms with Gasteiger partial charge in [-0.25, -0.2) is 14.4 Å². The Morgan fingerprint density at radius 2 is 1.94 bits per heavy atom. The Balaban J connectivity index is 1.25. The lowest BCUT2D eigenvalue weighted by molar-refractivity contribution is 0.0950. The van der Waals surface area contributed by atoms with Crippen molar-refractivity contribution in [3.63, 3.8) is 0 Å². The predicted molar refractivity (Wildman–Crippen MR) is 125 cm³/mol. The van der Waals surface area contributed by atoms with Gasteiger partial charge in [-0.15, -0.1) is 0 Å². The fourth-order valence-electron chi connectivity index (χ4n) is 3.47. The second kappa shape index (κ2) is 9.30. The first-order chi connectivity index (χ1) is 16.2. The quantitative estimate of drug-likeness (QED) is 0.332. The van der Waals surface area contributed by atoms with Gasteiger partial charge in [-0.1, -0.05) is 48.2 Å². The van der Waals surface area contributed by atoms with Gasteiger partial charge in [-0.3, -0.25) is 4.79 Å². The molecule has 5 rings (SSSR count). The van der Waals surface area contributed by atoms with E-state index in [0.717, 1.165) is 16.7 Å². The highest BCUT2D eigenvalue weighted by Crippen LogP contribution is 2.27. The molecule has 0 fully saturated rings. The molecular weight excluding hydrogens is 439 g/mol. The van der Waals surface area contributed by atoms with E-state index in [1.54, 1.807) is 35.2 Å². The Labute approximate surface area is 193 Å². The number of carbonyl (C=O) groups is 1. The molecule has 33 heavy (non-hydrogen) atoms. The third-order valence-electron chi connectivity index (χ3n) is 5.14. The monoisotopic (exact) mass is 458 g/mol. The van der Waals surface area contributed by atoms with Crippen LogP contribution in [0.4, 0.5) is 4.39 Å². The van der Waals surface area contributed by atoms with E-state index in [-0.39, 0.29) is 18.3 Å². The number of hydrogen-bond donors (Lipinski definition) is 1. The first kappa shape index (κ1) is 21.0. The molecule has 0 aliphatic rings. The van der Waals surface area contributed by atoms with Crippen molar-refractivity contribution in [2.45, 2.75) is 17.5 Å². The van der Waals surface area contributed by atoms with E-state index in [4.69, 9.17) is 4.42 Å². The highest BCUT2D eigenvalue weighted by atomic mass is 32.2. The fourth-order valence-corrected chi connectivity index (χ4v) is 4.31. The van der Waals surface area contributed by atoms with E-state index >= 15 is 0 Å². The molecule has 1 N–H and O–H groups in total. The van der Waals surface area contributed by atoms with E-state index in [0.29, 0.717) is 27.8 Å². The van der Waals surface area contributed by atoms with Crippen molar-refractivity contribution < 1.29 is 13.6 Å². The smallest absolute Gasteiger partial charge is 0.257 e. The first-order valence-electron chi connectivity index (χ1n) is 10.3. The highest BCUT2D eigenvalue weighted by Gasteiger charge is 2.13. The maximum absolute atomic E-state index is 14.5. The summed E-state index contributed by atoms with van der Waals surface area (Å²) in [7, 11) is 0. The number of aromatic nitrogens is 3. The largest absolute Gasteiger partial charge is 0.431 e. The van der Waals surface area contributed by atoms with Gasteiger partial charge in [0.1, 0.15) is 11.3 Å². The fraction of sp³-hybridized carbons (Fsp3) is 0.0800. The lowest BCUT2D eigenvalue weighted by atomic mass is 10.1. The van der Waals surface area contributed by atoms with Crippen molar-refractivity contribution in [2.75, 3.05) is 0 Å². The highest BCUT2D eigenvalue weighted by molar-refractivity contribution is 7.98. The summed E-state index contributed by atoms with van der Waals surface area (Å²) in [5, 5.41) is 3.44. The maximum Gasteiger partial charge on any atom is 0.257 e. The Bertz CT molecular complexity index is 1380. The number of nitrogens with one attached hydrogen (secondary N) is 1. The van der Waals surface area contributed by atoms with Gasteiger partial charge >= 0.3 is 0 Å². The predicted octanol–water partition coefficient (Wildman–Crippen LogP) is 5.37. The summed E-state index contributed by atoms with van der Waals surface area (Å²) in [6.45, 7) is 0.215. The van der Waals surface area contributed by atoms with Crippen molar-refractivity contribution in [1.29, 1.82) is 0 Å². The molecule has 1 amide bonds. The molecule has 164 valence electrons. The molecule has 6 nitrogen and oxygen atoms in total. The third-order valence-corrected chi connectivity index (χ3v) is 6.01. The van der Waals surface area contributed by atoms with Crippen molar-refractivity contribution in [3.05, 3.63) is 108 Å². The molecule has 0 radical (unpaired) electrons. The number of rotatable bonds is 7. The number of nitrogens with zero attached hydrogens (tertiary/aromatic N) is 3.